The van der Waals surface area contributed by atoms with E-state index in [1.807, 2.05) is 18.4 Å². The van der Waals surface area contributed by atoms with Gasteiger partial charge < -0.3 is 15.6 Å². The molecule has 1 amide bonds. The van der Waals surface area contributed by atoms with Gasteiger partial charge in [0.2, 0.25) is 0 Å². The van der Waals surface area contributed by atoms with Crippen molar-refractivity contribution < 1.29 is 4.79 Å². The molecule has 0 aliphatic heterocycles. The molecule has 4 nitrogen and oxygen atoms in total. The Morgan fingerprint density at radius 1 is 1.56 bits per heavy atom. The maximum Gasteiger partial charge on any atom is 0.268 e. The third-order valence-corrected chi connectivity index (χ3v) is 2.26. The third-order valence-electron chi connectivity index (χ3n) is 2.26. The van der Waals surface area contributed by atoms with Gasteiger partial charge in [0.15, 0.2) is 0 Å². The van der Waals surface area contributed by atoms with E-state index in [0.717, 1.165) is 0 Å². The number of nitrogens with two attached hydrogens (primary N) is 1. The number of anilines is 1. The third kappa shape index (κ3) is 2.57. The van der Waals surface area contributed by atoms with Crippen molar-refractivity contribution >= 4 is 11.6 Å². The highest BCUT2D eigenvalue weighted by atomic mass is 16.2. The molecule has 1 heterocycles. The van der Waals surface area contributed by atoms with Crippen LogP contribution >= 0.6 is 0 Å². The van der Waals surface area contributed by atoms with Crippen LogP contribution in [0.3, 0.4) is 0 Å². The summed E-state index contributed by atoms with van der Waals surface area (Å²) in [5.74, 6) is 2.25. The first kappa shape index (κ1) is 12.2. The van der Waals surface area contributed by atoms with E-state index in [0.29, 0.717) is 11.4 Å². The van der Waals surface area contributed by atoms with Gasteiger partial charge in [-0.15, -0.1) is 6.42 Å². The zero-order valence-electron chi connectivity index (χ0n) is 9.82. The van der Waals surface area contributed by atoms with Crippen LogP contribution in [-0.2, 0) is 0 Å². The fourth-order valence-electron chi connectivity index (χ4n) is 1.42. The first-order chi connectivity index (χ1) is 7.45. The first-order valence-corrected chi connectivity index (χ1v) is 5.20. The molecule has 0 aromatic carbocycles. The van der Waals surface area contributed by atoms with Gasteiger partial charge in [0, 0.05) is 12.2 Å². The number of amides is 1. The van der Waals surface area contributed by atoms with Crippen molar-refractivity contribution in [3.05, 3.63) is 18.0 Å². The first-order valence-electron chi connectivity index (χ1n) is 5.20. The van der Waals surface area contributed by atoms with Gasteiger partial charge in [-0.05, 0) is 26.8 Å². The van der Waals surface area contributed by atoms with Crippen LogP contribution in [-0.4, -0.2) is 16.5 Å². The summed E-state index contributed by atoms with van der Waals surface area (Å²) in [6.45, 7) is 5.73. The summed E-state index contributed by atoms with van der Waals surface area (Å²) in [6.07, 6.45) is 6.96. The van der Waals surface area contributed by atoms with Crippen molar-refractivity contribution in [3.8, 4) is 12.3 Å². The minimum Gasteiger partial charge on any atom is -0.397 e. The van der Waals surface area contributed by atoms with E-state index in [2.05, 4.69) is 11.2 Å². The molecule has 0 saturated heterocycles. The number of hydrogen-bond acceptors (Lipinski definition) is 2. The molecule has 0 fully saturated rings. The topological polar surface area (TPSA) is 60.1 Å². The van der Waals surface area contributed by atoms with Crippen molar-refractivity contribution in [1.82, 2.24) is 9.88 Å². The largest absolute Gasteiger partial charge is 0.397 e. The van der Waals surface area contributed by atoms with Gasteiger partial charge in [-0.3, -0.25) is 4.79 Å². The molecule has 86 valence electrons. The maximum atomic E-state index is 11.9. The normalized spacial score (nSPS) is 12.2. The summed E-state index contributed by atoms with van der Waals surface area (Å²) in [4.78, 5) is 11.9. The van der Waals surface area contributed by atoms with E-state index in [4.69, 9.17) is 12.2 Å². The van der Waals surface area contributed by atoms with Gasteiger partial charge in [-0.2, -0.15) is 0 Å². The minimum atomic E-state index is -0.288. The Hall–Kier alpha value is -1.89. The zero-order valence-corrected chi connectivity index (χ0v) is 9.82. The van der Waals surface area contributed by atoms with Crippen LogP contribution in [0.1, 0.15) is 37.3 Å². The number of aromatic nitrogens is 1. The molecule has 0 bridgehead atoms. The molecule has 1 atom stereocenters. The Labute approximate surface area is 95.8 Å². The molecule has 4 heteroatoms. The van der Waals surface area contributed by atoms with E-state index in [-0.39, 0.29) is 18.0 Å². The SMILES string of the molecule is C#CC(C)NC(=O)c1cc(N)cn1C(C)C. The Morgan fingerprint density at radius 2 is 2.19 bits per heavy atom. The van der Waals surface area contributed by atoms with Crippen LogP contribution in [0.2, 0.25) is 0 Å². The van der Waals surface area contributed by atoms with Crippen LogP contribution in [0.5, 0.6) is 0 Å². The average molecular weight is 219 g/mol. The lowest BCUT2D eigenvalue weighted by Crippen LogP contribution is -2.33. The van der Waals surface area contributed by atoms with Crippen molar-refractivity contribution in [2.45, 2.75) is 32.9 Å². The zero-order chi connectivity index (χ0) is 12.3. The Balaban J connectivity index is 2.95. The average Bonchev–Trinajstić information content (AvgIpc) is 2.60. The monoisotopic (exact) mass is 219 g/mol. The van der Waals surface area contributed by atoms with E-state index < -0.39 is 0 Å². The lowest BCUT2D eigenvalue weighted by molar-refractivity contribution is 0.0937. The Kier molecular flexibility index (Phi) is 3.62. The number of nitrogens with one attached hydrogen (secondary N) is 1. The molecule has 0 saturated carbocycles. The number of hydrogen-bond donors (Lipinski definition) is 2. The predicted molar refractivity (Wildman–Crippen MR) is 65.0 cm³/mol. The molecular formula is C12H17N3O. The molecule has 0 aliphatic rings. The van der Waals surface area contributed by atoms with Gasteiger partial charge in [-0.25, -0.2) is 0 Å². The number of nitrogens with zero attached hydrogens (tertiary/aromatic N) is 1. The molecule has 1 unspecified atom stereocenters. The lowest BCUT2D eigenvalue weighted by Gasteiger charge is -2.13. The van der Waals surface area contributed by atoms with Gasteiger partial charge in [0.05, 0.1) is 11.7 Å². The standard InChI is InChI=1S/C12H17N3O/c1-5-9(4)14-12(16)11-6-10(13)7-15(11)8(2)3/h1,6-9H,13H2,2-4H3,(H,14,16). The van der Waals surface area contributed by atoms with Crippen LogP contribution in [0.4, 0.5) is 5.69 Å². The Bertz CT molecular complexity index is 426. The molecular weight excluding hydrogens is 202 g/mol. The molecule has 1 aromatic rings. The second-order valence-electron chi connectivity index (χ2n) is 4.02. The fraction of sp³-hybridized carbons (Fsp3) is 0.417. The lowest BCUT2D eigenvalue weighted by atomic mass is 10.3. The second kappa shape index (κ2) is 4.75. The Morgan fingerprint density at radius 3 is 2.69 bits per heavy atom. The van der Waals surface area contributed by atoms with E-state index in [1.165, 1.54) is 0 Å². The number of nitrogen functional groups attached to an aromatic ring is 1. The van der Waals surface area contributed by atoms with Crippen LogP contribution < -0.4 is 11.1 Å². The highest BCUT2D eigenvalue weighted by molar-refractivity contribution is 5.94. The van der Waals surface area contributed by atoms with Crippen molar-refractivity contribution in [3.63, 3.8) is 0 Å². The molecule has 0 spiro atoms. The predicted octanol–water partition coefficient (Wildman–Crippen LogP) is 1.40. The van der Waals surface area contributed by atoms with E-state index in [1.54, 1.807) is 19.2 Å². The van der Waals surface area contributed by atoms with Gasteiger partial charge in [0.25, 0.3) is 5.91 Å². The molecule has 3 N–H and O–H groups in total. The van der Waals surface area contributed by atoms with E-state index in [9.17, 15) is 4.79 Å². The van der Waals surface area contributed by atoms with Crippen LogP contribution in [0.25, 0.3) is 0 Å². The highest BCUT2D eigenvalue weighted by Gasteiger charge is 2.15. The number of rotatable bonds is 3. The molecule has 1 aromatic heterocycles. The fourth-order valence-corrected chi connectivity index (χ4v) is 1.42. The molecule has 0 radical (unpaired) electrons. The highest BCUT2D eigenvalue weighted by Crippen LogP contribution is 2.16. The summed E-state index contributed by atoms with van der Waals surface area (Å²) < 4.78 is 1.83. The maximum absolute atomic E-state index is 11.9. The number of carbonyl (C=O) groups excluding carboxylic acids is 1. The summed E-state index contributed by atoms with van der Waals surface area (Å²) in [6, 6.07) is 1.54. The van der Waals surface area contributed by atoms with E-state index >= 15 is 0 Å². The summed E-state index contributed by atoms with van der Waals surface area (Å²) in [5.41, 5.74) is 6.79. The van der Waals surface area contributed by atoms with Crippen LogP contribution in [0.15, 0.2) is 12.3 Å². The minimum absolute atomic E-state index is 0.180. The van der Waals surface area contributed by atoms with Crippen molar-refractivity contribution in [2.75, 3.05) is 5.73 Å². The van der Waals surface area contributed by atoms with Gasteiger partial charge >= 0.3 is 0 Å². The molecule has 1 rings (SSSR count). The summed E-state index contributed by atoms with van der Waals surface area (Å²) in [5, 5.41) is 2.70. The summed E-state index contributed by atoms with van der Waals surface area (Å²) >= 11 is 0. The summed E-state index contributed by atoms with van der Waals surface area (Å²) in [7, 11) is 0. The van der Waals surface area contributed by atoms with Crippen molar-refractivity contribution in [2.24, 2.45) is 0 Å². The quantitative estimate of drug-likeness (QED) is 0.755. The second-order valence-corrected chi connectivity index (χ2v) is 4.02. The number of terminal acetylenes is 1. The number of carbonyl (C=O) groups is 1. The smallest absolute Gasteiger partial charge is 0.268 e. The van der Waals surface area contributed by atoms with Crippen molar-refractivity contribution in [1.29, 1.82) is 0 Å². The van der Waals surface area contributed by atoms with Gasteiger partial charge in [0.1, 0.15) is 5.69 Å². The molecule has 16 heavy (non-hydrogen) atoms. The molecule has 0 aliphatic carbocycles. The van der Waals surface area contributed by atoms with Gasteiger partial charge in [-0.1, -0.05) is 5.92 Å². The van der Waals surface area contributed by atoms with Crippen LogP contribution in [0, 0.1) is 12.3 Å².